The normalized spacial score (nSPS) is 38.6. The molecule has 4 aliphatic carbocycles. The number of carbonyl (C=O) groups excluding carboxylic acids is 3. The van der Waals surface area contributed by atoms with Crippen LogP contribution >= 0.6 is 0 Å². The van der Waals surface area contributed by atoms with Gasteiger partial charge in [0.2, 0.25) is 0 Å². The van der Waals surface area contributed by atoms with Crippen LogP contribution in [0.2, 0.25) is 0 Å². The number of fused-ring (bicyclic) bond motifs is 9. The van der Waals surface area contributed by atoms with Gasteiger partial charge in [0.1, 0.15) is 17.2 Å². The van der Waals surface area contributed by atoms with Gasteiger partial charge in [-0.15, -0.1) is 0 Å². The van der Waals surface area contributed by atoms with Gasteiger partial charge in [-0.05, 0) is 56.6 Å². The van der Waals surface area contributed by atoms with Crippen molar-refractivity contribution >= 4 is 17.5 Å². The highest BCUT2D eigenvalue weighted by Gasteiger charge is 2.68. The first-order valence-corrected chi connectivity index (χ1v) is 9.86. The van der Waals surface area contributed by atoms with Gasteiger partial charge in [0, 0.05) is 23.7 Å². The summed E-state index contributed by atoms with van der Waals surface area (Å²) in [6.45, 7) is 5.56. The molecular weight excluding hydrogens is 340 g/mol. The van der Waals surface area contributed by atoms with E-state index in [1.54, 1.807) is 6.07 Å². The molecule has 0 aliphatic heterocycles. The van der Waals surface area contributed by atoms with Crippen molar-refractivity contribution in [3.63, 3.8) is 0 Å². The van der Waals surface area contributed by atoms with Crippen LogP contribution in [0.3, 0.4) is 0 Å². The van der Waals surface area contributed by atoms with Crippen molar-refractivity contribution in [2.45, 2.75) is 38.7 Å². The average molecular weight is 364 g/mol. The standard InChI is InChI=1S/C23H24O4/c1-23(2,3)27-22(26)12-7-5-4-6-11(12)15-10-16-17-13-8-9-14(20(13)24)18(17)19(15)21(16)25/h4-9,13-19H,10H2,1-3H3. The predicted octanol–water partition coefficient (Wildman–Crippen LogP) is 3.56. The third-order valence-corrected chi connectivity index (χ3v) is 6.95. The Kier molecular flexibility index (Phi) is 3.38. The lowest BCUT2D eigenvalue weighted by molar-refractivity contribution is -0.125. The van der Waals surface area contributed by atoms with Crippen molar-refractivity contribution in [3.05, 3.63) is 47.5 Å². The van der Waals surface area contributed by atoms with Crippen LogP contribution in [0.1, 0.15) is 49.0 Å². The van der Waals surface area contributed by atoms with Gasteiger partial charge < -0.3 is 4.74 Å². The molecule has 0 aromatic heterocycles. The summed E-state index contributed by atoms with van der Waals surface area (Å²) in [5, 5.41) is 0. The van der Waals surface area contributed by atoms with E-state index in [9.17, 15) is 14.4 Å². The van der Waals surface area contributed by atoms with Gasteiger partial charge in [0.05, 0.1) is 5.56 Å². The van der Waals surface area contributed by atoms with Crippen molar-refractivity contribution in [2.24, 2.45) is 35.5 Å². The second-order valence-electron chi connectivity index (χ2n) is 9.46. The summed E-state index contributed by atoms with van der Waals surface area (Å²) in [6, 6.07) is 7.51. The Bertz CT molecular complexity index is 890. The zero-order chi connectivity index (χ0) is 19.1. The van der Waals surface area contributed by atoms with Crippen LogP contribution in [-0.4, -0.2) is 23.1 Å². The monoisotopic (exact) mass is 364 g/mol. The highest BCUT2D eigenvalue weighted by molar-refractivity contribution is 6.00. The summed E-state index contributed by atoms with van der Waals surface area (Å²) in [7, 11) is 0. The van der Waals surface area contributed by atoms with Crippen LogP contribution in [0.5, 0.6) is 0 Å². The third kappa shape index (κ3) is 2.25. The molecule has 27 heavy (non-hydrogen) atoms. The molecule has 1 aromatic rings. The van der Waals surface area contributed by atoms with Crippen molar-refractivity contribution in [2.75, 3.05) is 0 Å². The fourth-order valence-electron chi connectivity index (χ4n) is 6.19. The number of hydrogen-bond donors (Lipinski definition) is 0. The van der Waals surface area contributed by atoms with Crippen molar-refractivity contribution < 1.29 is 19.1 Å². The molecule has 5 rings (SSSR count). The van der Waals surface area contributed by atoms with E-state index >= 15 is 0 Å². The Morgan fingerprint density at radius 3 is 2.33 bits per heavy atom. The van der Waals surface area contributed by atoms with Crippen LogP contribution in [0.4, 0.5) is 0 Å². The van der Waals surface area contributed by atoms with E-state index in [4.69, 9.17) is 4.74 Å². The number of carbonyl (C=O) groups is 3. The molecular formula is C23H24O4. The Balaban J connectivity index is 1.51. The SMILES string of the molecule is CC(C)(C)OC(=O)c1ccccc1C1CC2C(=O)C1C1C3C=CC(C3=O)C21. The molecule has 4 bridgehead atoms. The molecule has 0 spiro atoms. The quantitative estimate of drug-likeness (QED) is 0.457. The lowest BCUT2D eigenvalue weighted by atomic mass is 9.67. The van der Waals surface area contributed by atoms with Gasteiger partial charge in [-0.2, -0.15) is 0 Å². The van der Waals surface area contributed by atoms with Crippen molar-refractivity contribution in [1.29, 1.82) is 0 Å². The summed E-state index contributed by atoms with van der Waals surface area (Å²) >= 11 is 0. The highest BCUT2D eigenvalue weighted by atomic mass is 16.6. The molecule has 0 amide bonds. The molecule has 0 N–H and O–H groups in total. The summed E-state index contributed by atoms with van der Waals surface area (Å²) in [4.78, 5) is 38.3. The molecule has 3 saturated carbocycles. The van der Waals surface area contributed by atoms with E-state index in [1.165, 1.54) is 0 Å². The first-order chi connectivity index (χ1) is 12.8. The molecule has 4 heteroatoms. The number of rotatable bonds is 2. The minimum atomic E-state index is -0.568. The Morgan fingerprint density at radius 1 is 0.963 bits per heavy atom. The van der Waals surface area contributed by atoms with Crippen LogP contribution in [-0.2, 0) is 14.3 Å². The third-order valence-electron chi connectivity index (χ3n) is 6.95. The molecule has 0 saturated heterocycles. The molecule has 3 fully saturated rings. The number of Topliss-reactive ketones (excluding diaryl/α,β-unsaturated/α-hetero) is 2. The summed E-state index contributed by atoms with van der Waals surface area (Å²) in [5.74, 6) is 0.241. The lowest BCUT2D eigenvalue weighted by Gasteiger charge is -2.35. The zero-order valence-corrected chi connectivity index (χ0v) is 15.8. The molecule has 140 valence electrons. The van der Waals surface area contributed by atoms with E-state index in [-0.39, 0.29) is 47.4 Å². The minimum Gasteiger partial charge on any atom is -0.456 e. The maximum atomic E-state index is 13.0. The number of benzene rings is 1. The summed E-state index contributed by atoms with van der Waals surface area (Å²) in [6.07, 6.45) is 4.78. The van der Waals surface area contributed by atoms with Crippen LogP contribution in [0.15, 0.2) is 36.4 Å². The van der Waals surface area contributed by atoms with Crippen molar-refractivity contribution in [3.8, 4) is 0 Å². The average Bonchev–Trinajstić information content (AvgIpc) is 3.30. The van der Waals surface area contributed by atoms with E-state index in [1.807, 2.05) is 51.1 Å². The number of allylic oxidation sites excluding steroid dienone is 2. The first kappa shape index (κ1) is 16.9. The molecule has 7 atom stereocenters. The molecule has 4 nitrogen and oxygen atoms in total. The number of hydrogen-bond acceptors (Lipinski definition) is 4. The van der Waals surface area contributed by atoms with Gasteiger partial charge >= 0.3 is 5.97 Å². The number of ether oxygens (including phenoxy) is 1. The molecule has 7 unspecified atom stereocenters. The Morgan fingerprint density at radius 2 is 1.63 bits per heavy atom. The van der Waals surface area contributed by atoms with E-state index in [0.717, 1.165) is 12.0 Å². The summed E-state index contributed by atoms with van der Waals surface area (Å²) < 4.78 is 5.59. The Hall–Kier alpha value is -2.23. The molecule has 0 heterocycles. The fourth-order valence-corrected chi connectivity index (χ4v) is 6.19. The van der Waals surface area contributed by atoms with E-state index in [2.05, 4.69) is 0 Å². The Labute approximate surface area is 159 Å². The topological polar surface area (TPSA) is 60.4 Å². The largest absolute Gasteiger partial charge is 0.456 e. The van der Waals surface area contributed by atoms with E-state index in [0.29, 0.717) is 17.1 Å². The maximum Gasteiger partial charge on any atom is 0.338 e. The second-order valence-corrected chi connectivity index (χ2v) is 9.46. The fraction of sp³-hybridized carbons (Fsp3) is 0.522. The van der Waals surface area contributed by atoms with Crippen LogP contribution < -0.4 is 0 Å². The number of ketones is 2. The van der Waals surface area contributed by atoms with Gasteiger partial charge in [0.25, 0.3) is 0 Å². The van der Waals surface area contributed by atoms with Gasteiger partial charge in [-0.3, -0.25) is 9.59 Å². The smallest absolute Gasteiger partial charge is 0.338 e. The van der Waals surface area contributed by atoms with Crippen molar-refractivity contribution in [1.82, 2.24) is 0 Å². The number of esters is 1. The molecule has 4 aliphatic rings. The second kappa shape index (κ2) is 5.40. The highest BCUT2D eigenvalue weighted by Crippen LogP contribution is 2.66. The van der Waals surface area contributed by atoms with Crippen LogP contribution in [0.25, 0.3) is 0 Å². The predicted molar refractivity (Wildman–Crippen MR) is 99.1 cm³/mol. The van der Waals surface area contributed by atoms with Gasteiger partial charge in [0.15, 0.2) is 0 Å². The maximum absolute atomic E-state index is 13.0. The molecule has 0 radical (unpaired) electrons. The zero-order valence-electron chi connectivity index (χ0n) is 15.8. The molecule has 1 aromatic carbocycles. The first-order valence-electron chi connectivity index (χ1n) is 9.86. The van der Waals surface area contributed by atoms with E-state index < -0.39 is 5.60 Å². The summed E-state index contributed by atoms with van der Waals surface area (Å²) in [5.41, 5.74) is 0.895. The van der Waals surface area contributed by atoms with Crippen LogP contribution in [0, 0.1) is 35.5 Å². The minimum absolute atomic E-state index is 0.00742. The van der Waals surface area contributed by atoms with Gasteiger partial charge in [-0.25, -0.2) is 4.79 Å². The van der Waals surface area contributed by atoms with Gasteiger partial charge in [-0.1, -0.05) is 30.4 Å². The lowest BCUT2D eigenvalue weighted by Crippen LogP contribution is -2.31.